The van der Waals surface area contributed by atoms with E-state index in [1.165, 1.54) is 11.1 Å². The van der Waals surface area contributed by atoms with E-state index in [1.54, 1.807) is 7.11 Å². The summed E-state index contributed by atoms with van der Waals surface area (Å²) in [6.45, 7) is 0. The van der Waals surface area contributed by atoms with Gasteiger partial charge < -0.3 is 9.84 Å². The second-order valence-electron chi connectivity index (χ2n) is 6.58. The predicted octanol–water partition coefficient (Wildman–Crippen LogP) is 3.58. The van der Waals surface area contributed by atoms with Crippen molar-refractivity contribution in [1.29, 1.82) is 0 Å². The van der Waals surface area contributed by atoms with E-state index in [0.29, 0.717) is 5.88 Å². The first-order valence-corrected chi connectivity index (χ1v) is 8.68. The molecule has 1 aromatic heterocycles. The molecule has 4 nitrogen and oxygen atoms in total. The van der Waals surface area contributed by atoms with Crippen molar-refractivity contribution < 1.29 is 9.84 Å². The van der Waals surface area contributed by atoms with E-state index in [2.05, 4.69) is 46.7 Å². The summed E-state index contributed by atoms with van der Waals surface area (Å²) in [5.74, 6) is 0.684. The van der Waals surface area contributed by atoms with Gasteiger partial charge in [0.2, 0.25) is 5.88 Å². The molecule has 0 amide bonds. The summed E-state index contributed by atoms with van der Waals surface area (Å²) in [4.78, 5) is 4.62. The van der Waals surface area contributed by atoms with Crippen LogP contribution in [0.3, 0.4) is 0 Å². The minimum atomic E-state index is -0.377. The smallest absolute Gasteiger partial charge is 0.217 e. The van der Waals surface area contributed by atoms with Crippen LogP contribution < -0.4 is 10.1 Å². The zero-order chi connectivity index (χ0) is 17.2. The number of fused-ring (bicyclic) bond motifs is 1. The van der Waals surface area contributed by atoms with E-state index in [1.807, 2.05) is 18.2 Å². The van der Waals surface area contributed by atoms with Crippen molar-refractivity contribution in [3.05, 3.63) is 71.3 Å². The van der Waals surface area contributed by atoms with Gasteiger partial charge in [-0.15, -0.1) is 0 Å². The Morgan fingerprint density at radius 3 is 2.64 bits per heavy atom. The van der Waals surface area contributed by atoms with Crippen LogP contribution in [0.2, 0.25) is 0 Å². The third-order valence-corrected chi connectivity index (χ3v) is 4.86. The standard InChI is InChI=1S/C21H22N2O2/c1-25-21-17(13-16-4-2-3-5-18(16)23-21)12-14-6-8-15(9-7-14)19-10-11-20(24)22-19/h2-9,13,19-20,22,24H,10-12H2,1H3/t19-,20?/m0/s1. The number of aliphatic hydroxyl groups excluding tert-OH is 1. The Kier molecular flexibility index (Phi) is 4.38. The van der Waals surface area contributed by atoms with Crippen molar-refractivity contribution in [2.75, 3.05) is 7.11 Å². The number of benzene rings is 2. The summed E-state index contributed by atoms with van der Waals surface area (Å²) >= 11 is 0. The lowest BCUT2D eigenvalue weighted by atomic mass is 10.00. The van der Waals surface area contributed by atoms with Crippen LogP contribution in [0, 0.1) is 0 Å². The fourth-order valence-corrected chi connectivity index (χ4v) is 3.52. The Morgan fingerprint density at radius 2 is 1.92 bits per heavy atom. The van der Waals surface area contributed by atoms with E-state index >= 15 is 0 Å². The van der Waals surface area contributed by atoms with Crippen molar-refractivity contribution in [2.24, 2.45) is 0 Å². The summed E-state index contributed by atoms with van der Waals surface area (Å²) in [7, 11) is 1.67. The van der Waals surface area contributed by atoms with E-state index in [9.17, 15) is 5.11 Å². The zero-order valence-corrected chi connectivity index (χ0v) is 14.3. The second kappa shape index (κ2) is 6.82. The molecule has 4 rings (SSSR count). The maximum Gasteiger partial charge on any atom is 0.217 e. The van der Waals surface area contributed by atoms with Gasteiger partial charge in [-0.25, -0.2) is 4.98 Å². The zero-order valence-electron chi connectivity index (χ0n) is 14.3. The number of aromatic nitrogens is 1. The van der Waals surface area contributed by atoms with Gasteiger partial charge in [0.1, 0.15) is 6.23 Å². The molecule has 3 aromatic rings. The van der Waals surface area contributed by atoms with Gasteiger partial charge >= 0.3 is 0 Å². The minimum Gasteiger partial charge on any atom is -0.481 e. The third-order valence-electron chi connectivity index (χ3n) is 4.86. The van der Waals surface area contributed by atoms with Gasteiger partial charge in [-0.05, 0) is 36.1 Å². The number of methoxy groups -OCH3 is 1. The quantitative estimate of drug-likeness (QED) is 0.766. The number of nitrogens with one attached hydrogen (secondary N) is 1. The SMILES string of the molecule is COc1nc2ccccc2cc1Cc1ccc([C@@H]2CCC(O)N2)cc1. The molecule has 4 heteroatoms. The molecule has 0 radical (unpaired) electrons. The fourth-order valence-electron chi connectivity index (χ4n) is 3.52. The Labute approximate surface area is 147 Å². The molecule has 25 heavy (non-hydrogen) atoms. The number of nitrogens with zero attached hydrogens (tertiary/aromatic N) is 1. The van der Waals surface area contributed by atoms with Crippen LogP contribution in [0.4, 0.5) is 0 Å². The number of rotatable bonds is 4. The molecule has 1 aliphatic rings. The molecule has 2 heterocycles. The maximum absolute atomic E-state index is 9.62. The van der Waals surface area contributed by atoms with Gasteiger partial charge in [0.25, 0.3) is 0 Å². The average molecular weight is 334 g/mol. The first kappa shape index (κ1) is 16.1. The third kappa shape index (κ3) is 3.36. The first-order chi connectivity index (χ1) is 12.2. The molecule has 0 bridgehead atoms. The van der Waals surface area contributed by atoms with Gasteiger partial charge in [0.05, 0.1) is 12.6 Å². The van der Waals surface area contributed by atoms with Crippen LogP contribution in [0.1, 0.15) is 35.6 Å². The molecule has 1 unspecified atom stereocenters. The topological polar surface area (TPSA) is 54.4 Å². The van der Waals surface area contributed by atoms with Crippen molar-refractivity contribution in [2.45, 2.75) is 31.5 Å². The molecule has 2 N–H and O–H groups in total. The summed E-state index contributed by atoms with van der Waals surface area (Å²) in [6.07, 6.45) is 2.19. The highest BCUT2D eigenvalue weighted by atomic mass is 16.5. The number of ether oxygens (including phenoxy) is 1. The highest BCUT2D eigenvalue weighted by molar-refractivity contribution is 5.80. The lowest BCUT2D eigenvalue weighted by Crippen LogP contribution is -2.23. The number of hydrogen-bond acceptors (Lipinski definition) is 4. The van der Waals surface area contributed by atoms with Crippen molar-refractivity contribution >= 4 is 10.9 Å². The Hall–Kier alpha value is -2.43. The second-order valence-corrected chi connectivity index (χ2v) is 6.58. The maximum atomic E-state index is 9.62. The minimum absolute atomic E-state index is 0.251. The van der Waals surface area contributed by atoms with Gasteiger partial charge in [-0.3, -0.25) is 5.32 Å². The molecular weight excluding hydrogens is 312 g/mol. The fraction of sp³-hybridized carbons (Fsp3) is 0.286. The van der Waals surface area contributed by atoms with E-state index in [-0.39, 0.29) is 12.3 Å². The van der Waals surface area contributed by atoms with Crippen LogP contribution >= 0.6 is 0 Å². The van der Waals surface area contributed by atoms with Crippen LogP contribution in [-0.2, 0) is 6.42 Å². The Morgan fingerprint density at radius 1 is 1.12 bits per heavy atom. The van der Waals surface area contributed by atoms with Gasteiger partial charge in [-0.1, -0.05) is 42.5 Å². The molecule has 0 spiro atoms. The van der Waals surface area contributed by atoms with Crippen LogP contribution in [-0.4, -0.2) is 23.4 Å². The molecule has 0 aliphatic carbocycles. The number of para-hydroxylation sites is 1. The van der Waals surface area contributed by atoms with Crippen LogP contribution in [0.25, 0.3) is 10.9 Å². The van der Waals surface area contributed by atoms with Gasteiger partial charge in [-0.2, -0.15) is 0 Å². The Balaban J connectivity index is 1.58. The number of aliphatic hydroxyl groups is 1. The summed E-state index contributed by atoms with van der Waals surface area (Å²) in [5, 5.41) is 13.9. The van der Waals surface area contributed by atoms with E-state index < -0.39 is 0 Å². The highest BCUT2D eigenvalue weighted by Gasteiger charge is 2.22. The summed E-state index contributed by atoms with van der Waals surface area (Å²) in [6, 6.07) is 19.1. The van der Waals surface area contributed by atoms with Crippen LogP contribution in [0.5, 0.6) is 5.88 Å². The largest absolute Gasteiger partial charge is 0.481 e. The van der Waals surface area contributed by atoms with E-state index in [0.717, 1.165) is 35.7 Å². The average Bonchev–Trinajstić information content (AvgIpc) is 3.08. The molecular formula is C21H22N2O2. The predicted molar refractivity (Wildman–Crippen MR) is 98.7 cm³/mol. The lowest BCUT2D eigenvalue weighted by Gasteiger charge is -2.13. The molecule has 0 saturated carbocycles. The Bertz CT molecular complexity index is 877. The molecule has 1 aliphatic heterocycles. The lowest BCUT2D eigenvalue weighted by molar-refractivity contribution is 0.154. The van der Waals surface area contributed by atoms with Crippen LogP contribution in [0.15, 0.2) is 54.6 Å². The van der Waals surface area contributed by atoms with Gasteiger partial charge in [0.15, 0.2) is 0 Å². The van der Waals surface area contributed by atoms with Gasteiger partial charge in [0, 0.05) is 23.4 Å². The van der Waals surface area contributed by atoms with Crippen molar-refractivity contribution in [3.8, 4) is 5.88 Å². The van der Waals surface area contributed by atoms with Crippen molar-refractivity contribution in [3.63, 3.8) is 0 Å². The monoisotopic (exact) mass is 334 g/mol. The van der Waals surface area contributed by atoms with Crippen molar-refractivity contribution in [1.82, 2.24) is 10.3 Å². The molecule has 1 saturated heterocycles. The highest BCUT2D eigenvalue weighted by Crippen LogP contribution is 2.28. The summed E-state index contributed by atoms with van der Waals surface area (Å²) < 4.78 is 5.49. The molecule has 1 fully saturated rings. The summed E-state index contributed by atoms with van der Waals surface area (Å²) in [5.41, 5.74) is 4.48. The van der Waals surface area contributed by atoms with E-state index in [4.69, 9.17) is 4.74 Å². The molecule has 2 aromatic carbocycles. The molecule has 128 valence electrons. The number of pyridine rings is 1. The first-order valence-electron chi connectivity index (χ1n) is 8.68. The normalized spacial score (nSPS) is 20.1. The molecule has 2 atom stereocenters. The number of hydrogen-bond donors (Lipinski definition) is 2.